The Morgan fingerprint density at radius 1 is 1.50 bits per heavy atom. The molecule has 18 heavy (non-hydrogen) atoms. The van der Waals surface area contributed by atoms with Crippen molar-refractivity contribution in [2.75, 3.05) is 0 Å². The van der Waals surface area contributed by atoms with Crippen LogP contribution in [0.15, 0.2) is 24.5 Å². The Hall–Kier alpha value is -2.11. The second-order valence-corrected chi connectivity index (χ2v) is 4.16. The van der Waals surface area contributed by atoms with Gasteiger partial charge in [-0.1, -0.05) is 13.0 Å². The minimum atomic E-state index is -1.25. The number of aliphatic carboxylic acids is 1. The second kappa shape index (κ2) is 6.00. The van der Waals surface area contributed by atoms with E-state index in [9.17, 15) is 9.59 Å². The molecule has 0 aliphatic carbocycles. The second-order valence-electron chi connectivity index (χ2n) is 4.16. The molecule has 0 aromatic carbocycles. The number of nitrogens with one attached hydrogen (secondary N) is 2. The molecule has 1 atom stereocenters. The predicted molar refractivity (Wildman–Crippen MR) is 65.9 cm³/mol. The molecule has 0 saturated heterocycles. The number of pyridine rings is 1. The van der Waals surface area contributed by atoms with Crippen molar-refractivity contribution in [3.8, 4) is 0 Å². The summed E-state index contributed by atoms with van der Waals surface area (Å²) in [6.45, 7) is 3.48. The topological polar surface area (TPSA) is 91.3 Å². The van der Waals surface area contributed by atoms with Gasteiger partial charge in [0, 0.05) is 18.9 Å². The Kier molecular flexibility index (Phi) is 4.65. The van der Waals surface area contributed by atoms with Gasteiger partial charge in [-0.3, -0.25) is 4.98 Å². The van der Waals surface area contributed by atoms with Crippen molar-refractivity contribution >= 4 is 12.0 Å². The number of aromatic nitrogens is 1. The largest absolute Gasteiger partial charge is 0.480 e. The molecule has 0 fully saturated rings. The first-order valence-electron chi connectivity index (χ1n) is 5.66. The molecule has 0 bridgehead atoms. The first-order chi connectivity index (χ1) is 8.48. The fourth-order valence-corrected chi connectivity index (χ4v) is 1.27. The van der Waals surface area contributed by atoms with Gasteiger partial charge < -0.3 is 15.7 Å². The molecular formula is C12H17N3O3. The first-order valence-corrected chi connectivity index (χ1v) is 5.66. The number of nitrogens with zero attached hydrogens (tertiary/aromatic N) is 1. The monoisotopic (exact) mass is 251 g/mol. The molecule has 0 spiro atoms. The lowest BCUT2D eigenvalue weighted by molar-refractivity contribution is -0.143. The zero-order chi connectivity index (χ0) is 13.6. The number of carbonyl (C=O) groups excluding carboxylic acids is 1. The lowest BCUT2D eigenvalue weighted by atomic mass is 10.00. The first kappa shape index (κ1) is 14.0. The molecule has 1 heterocycles. The highest BCUT2D eigenvalue weighted by Crippen LogP contribution is 2.08. The molecule has 0 aliphatic rings. The van der Waals surface area contributed by atoms with Gasteiger partial charge in [0.15, 0.2) is 0 Å². The number of rotatable bonds is 5. The SMILES string of the molecule is CCC(C)(NC(=O)NCc1cccnc1)C(=O)O. The highest BCUT2D eigenvalue weighted by atomic mass is 16.4. The number of carboxylic acid groups (broad SMARTS) is 1. The summed E-state index contributed by atoms with van der Waals surface area (Å²) in [7, 11) is 0. The lowest BCUT2D eigenvalue weighted by Crippen LogP contribution is -2.54. The standard InChI is InChI=1S/C12H17N3O3/c1-3-12(2,10(16)17)15-11(18)14-8-9-5-4-6-13-7-9/h4-7H,3,8H2,1-2H3,(H,16,17)(H2,14,15,18). The van der Waals surface area contributed by atoms with Gasteiger partial charge in [0.05, 0.1) is 0 Å². The van der Waals surface area contributed by atoms with Crippen molar-refractivity contribution in [3.63, 3.8) is 0 Å². The molecule has 0 radical (unpaired) electrons. The Balaban J connectivity index is 2.49. The number of hydrogen-bond donors (Lipinski definition) is 3. The highest BCUT2D eigenvalue weighted by Gasteiger charge is 2.32. The van der Waals surface area contributed by atoms with E-state index in [-0.39, 0.29) is 0 Å². The Morgan fingerprint density at radius 3 is 2.72 bits per heavy atom. The highest BCUT2D eigenvalue weighted by molar-refractivity contribution is 5.85. The zero-order valence-corrected chi connectivity index (χ0v) is 10.4. The van der Waals surface area contributed by atoms with Crippen LogP contribution >= 0.6 is 0 Å². The number of carbonyl (C=O) groups is 2. The third-order valence-electron chi connectivity index (χ3n) is 2.74. The minimum Gasteiger partial charge on any atom is -0.480 e. The summed E-state index contributed by atoms with van der Waals surface area (Å²) in [4.78, 5) is 26.5. The molecule has 6 heteroatoms. The quantitative estimate of drug-likeness (QED) is 0.731. The van der Waals surface area contributed by atoms with Crippen LogP contribution in [0.2, 0.25) is 0 Å². The number of urea groups is 1. The van der Waals surface area contributed by atoms with E-state index in [0.29, 0.717) is 13.0 Å². The van der Waals surface area contributed by atoms with Gasteiger partial charge in [0.25, 0.3) is 0 Å². The van der Waals surface area contributed by atoms with E-state index < -0.39 is 17.5 Å². The maximum atomic E-state index is 11.6. The third-order valence-corrected chi connectivity index (χ3v) is 2.74. The van der Waals surface area contributed by atoms with Crippen LogP contribution < -0.4 is 10.6 Å². The summed E-state index contributed by atoms with van der Waals surface area (Å²) >= 11 is 0. The van der Waals surface area contributed by atoms with Crippen molar-refractivity contribution in [3.05, 3.63) is 30.1 Å². The molecule has 1 aromatic rings. The fraction of sp³-hybridized carbons (Fsp3) is 0.417. The predicted octanol–water partition coefficient (Wildman–Crippen LogP) is 1.13. The Labute approximate surface area is 105 Å². The molecule has 1 unspecified atom stereocenters. The van der Waals surface area contributed by atoms with Crippen molar-refractivity contribution in [2.24, 2.45) is 0 Å². The van der Waals surface area contributed by atoms with Gasteiger partial charge in [-0.05, 0) is 25.0 Å². The summed E-state index contributed by atoms with van der Waals surface area (Å²) in [5, 5.41) is 14.0. The molecule has 6 nitrogen and oxygen atoms in total. The average Bonchev–Trinajstić information content (AvgIpc) is 2.37. The van der Waals surface area contributed by atoms with Crippen LogP contribution in [0.1, 0.15) is 25.8 Å². The van der Waals surface area contributed by atoms with Crippen molar-refractivity contribution in [2.45, 2.75) is 32.4 Å². The van der Waals surface area contributed by atoms with Crippen LogP contribution in [0, 0.1) is 0 Å². The van der Waals surface area contributed by atoms with E-state index in [4.69, 9.17) is 5.11 Å². The Morgan fingerprint density at radius 2 is 2.22 bits per heavy atom. The van der Waals surface area contributed by atoms with E-state index in [1.807, 2.05) is 6.07 Å². The van der Waals surface area contributed by atoms with Crippen LogP contribution in [-0.2, 0) is 11.3 Å². The van der Waals surface area contributed by atoms with Gasteiger partial charge >= 0.3 is 12.0 Å². The molecule has 0 aliphatic heterocycles. The zero-order valence-electron chi connectivity index (χ0n) is 10.4. The van der Waals surface area contributed by atoms with E-state index in [1.165, 1.54) is 6.92 Å². The van der Waals surface area contributed by atoms with E-state index >= 15 is 0 Å². The van der Waals surface area contributed by atoms with Gasteiger partial charge in [-0.2, -0.15) is 0 Å². The average molecular weight is 251 g/mol. The number of carboxylic acids is 1. The lowest BCUT2D eigenvalue weighted by Gasteiger charge is -2.24. The van der Waals surface area contributed by atoms with Crippen molar-refractivity contribution in [1.82, 2.24) is 15.6 Å². The molecule has 3 N–H and O–H groups in total. The minimum absolute atomic E-state index is 0.305. The van der Waals surface area contributed by atoms with Crippen LogP contribution in [0.5, 0.6) is 0 Å². The summed E-state index contributed by atoms with van der Waals surface area (Å²) < 4.78 is 0. The third kappa shape index (κ3) is 3.73. The van der Waals surface area contributed by atoms with Crippen molar-refractivity contribution < 1.29 is 14.7 Å². The van der Waals surface area contributed by atoms with E-state index in [0.717, 1.165) is 5.56 Å². The maximum absolute atomic E-state index is 11.6. The van der Waals surface area contributed by atoms with Crippen LogP contribution in [0.3, 0.4) is 0 Å². The maximum Gasteiger partial charge on any atom is 0.329 e. The van der Waals surface area contributed by atoms with Gasteiger partial charge in [0.2, 0.25) is 0 Å². The van der Waals surface area contributed by atoms with Gasteiger partial charge in [0.1, 0.15) is 5.54 Å². The van der Waals surface area contributed by atoms with Crippen LogP contribution in [0.4, 0.5) is 4.79 Å². The summed E-state index contributed by atoms with van der Waals surface area (Å²) in [5.74, 6) is -1.05. The molecule has 98 valence electrons. The normalized spacial score (nSPS) is 13.4. The van der Waals surface area contributed by atoms with Gasteiger partial charge in [-0.15, -0.1) is 0 Å². The summed E-state index contributed by atoms with van der Waals surface area (Å²) in [6.07, 6.45) is 3.58. The van der Waals surface area contributed by atoms with Gasteiger partial charge in [-0.25, -0.2) is 9.59 Å². The van der Waals surface area contributed by atoms with Crippen LogP contribution in [-0.4, -0.2) is 27.6 Å². The Bertz CT molecular complexity index is 422. The molecule has 1 rings (SSSR count). The summed E-state index contributed by atoms with van der Waals surface area (Å²) in [5.41, 5.74) is -0.403. The van der Waals surface area contributed by atoms with E-state index in [2.05, 4.69) is 15.6 Å². The smallest absolute Gasteiger partial charge is 0.329 e. The van der Waals surface area contributed by atoms with Crippen molar-refractivity contribution in [1.29, 1.82) is 0 Å². The number of hydrogen-bond acceptors (Lipinski definition) is 3. The molecule has 1 aromatic heterocycles. The number of amides is 2. The van der Waals surface area contributed by atoms with E-state index in [1.54, 1.807) is 25.4 Å². The molecule has 0 saturated carbocycles. The van der Waals surface area contributed by atoms with Crippen LogP contribution in [0.25, 0.3) is 0 Å². The molecular weight excluding hydrogens is 234 g/mol. The fourth-order valence-electron chi connectivity index (χ4n) is 1.27. The summed E-state index contributed by atoms with van der Waals surface area (Å²) in [6, 6.07) is 3.08. The molecule has 2 amide bonds.